The normalized spacial score (nSPS) is 12.8. The van der Waals surface area contributed by atoms with Crippen molar-refractivity contribution in [3.8, 4) is 0 Å². The first-order valence-corrected chi connectivity index (χ1v) is 5.03. The van der Waals surface area contributed by atoms with E-state index in [9.17, 15) is 4.79 Å². The van der Waals surface area contributed by atoms with E-state index in [4.69, 9.17) is 0 Å². The van der Waals surface area contributed by atoms with E-state index in [0.29, 0.717) is 0 Å². The molecule has 0 aliphatic heterocycles. The molecule has 0 radical (unpaired) electrons. The zero-order chi connectivity index (χ0) is 11.3. The first-order valence-electron chi connectivity index (χ1n) is 5.03. The maximum Gasteiger partial charge on any atom is 0.327 e. The van der Waals surface area contributed by atoms with Crippen LogP contribution < -0.4 is 5.32 Å². The molecule has 1 N–H and O–H groups in total. The van der Waals surface area contributed by atoms with Gasteiger partial charge in [-0.25, -0.2) is 9.78 Å². The van der Waals surface area contributed by atoms with Gasteiger partial charge in [-0.3, -0.25) is 4.57 Å². The van der Waals surface area contributed by atoms with Crippen LogP contribution in [0.2, 0.25) is 0 Å². The molecule has 1 aromatic rings. The molecule has 5 heteroatoms. The highest BCUT2D eigenvalue weighted by Crippen LogP contribution is 1.94. The average Bonchev–Trinajstić information content (AvgIpc) is 2.67. The number of imidazole rings is 1. The molecule has 0 fully saturated rings. The van der Waals surface area contributed by atoms with Crippen LogP contribution in [-0.2, 0) is 0 Å². The lowest BCUT2D eigenvalue weighted by Crippen LogP contribution is -2.37. The molecule has 1 aromatic heterocycles. The number of aromatic nitrogens is 2. The van der Waals surface area contributed by atoms with Gasteiger partial charge < -0.3 is 10.2 Å². The molecule has 0 saturated heterocycles. The second-order valence-electron chi connectivity index (χ2n) is 3.91. The van der Waals surface area contributed by atoms with Crippen molar-refractivity contribution in [1.29, 1.82) is 0 Å². The predicted molar refractivity (Wildman–Crippen MR) is 58.8 cm³/mol. The second kappa shape index (κ2) is 5.50. The number of nitrogens with zero attached hydrogens (tertiary/aromatic N) is 3. The van der Waals surface area contributed by atoms with Crippen LogP contribution in [0.5, 0.6) is 0 Å². The summed E-state index contributed by atoms with van der Waals surface area (Å²) in [6.45, 7) is 2.96. The summed E-state index contributed by atoms with van der Waals surface area (Å²) in [7, 11) is 4.04. The molecule has 1 atom stereocenters. The number of carbonyl (C=O) groups is 1. The van der Waals surface area contributed by atoms with Crippen molar-refractivity contribution in [3.63, 3.8) is 0 Å². The molecule has 0 aliphatic carbocycles. The van der Waals surface area contributed by atoms with Crippen molar-refractivity contribution in [3.05, 3.63) is 18.7 Å². The van der Waals surface area contributed by atoms with E-state index < -0.39 is 0 Å². The van der Waals surface area contributed by atoms with E-state index >= 15 is 0 Å². The van der Waals surface area contributed by atoms with Gasteiger partial charge in [0.15, 0.2) is 0 Å². The Hall–Kier alpha value is -1.36. The Kier molecular flexibility index (Phi) is 4.30. The minimum atomic E-state index is -0.126. The van der Waals surface area contributed by atoms with Crippen molar-refractivity contribution in [2.24, 2.45) is 0 Å². The van der Waals surface area contributed by atoms with Gasteiger partial charge in [0.2, 0.25) is 0 Å². The topological polar surface area (TPSA) is 50.2 Å². The number of amides is 1. The number of hydrogen-bond acceptors (Lipinski definition) is 3. The van der Waals surface area contributed by atoms with E-state index in [0.717, 1.165) is 13.0 Å². The molecule has 0 spiro atoms. The van der Waals surface area contributed by atoms with Crippen LogP contribution in [0.3, 0.4) is 0 Å². The van der Waals surface area contributed by atoms with Gasteiger partial charge in [-0.15, -0.1) is 0 Å². The maximum atomic E-state index is 11.6. The summed E-state index contributed by atoms with van der Waals surface area (Å²) in [5.74, 6) is 0. The van der Waals surface area contributed by atoms with Crippen LogP contribution in [0, 0.1) is 0 Å². The Morgan fingerprint density at radius 1 is 1.60 bits per heavy atom. The highest BCUT2D eigenvalue weighted by molar-refractivity contribution is 5.76. The lowest BCUT2D eigenvalue weighted by atomic mass is 10.2. The third-order valence-corrected chi connectivity index (χ3v) is 2.12. The fourth-order valence-corrected chi connectivity index (χ4v) is 1.19. The maximum absolute atomic E-state index is 11.6. The van der Waals surface area contributed by atoms with Crippen LogP contribution in [-0.4, -0.2) is 47.2 Å². The van der Waals surface area contributed by atoms with Crippen molar-refractivity contribution in [2.75, 3.05) is 20.6 Å². The van der Waals surface area contributed by atoms with Crippen LogP contribution in [0.15, 0.2) is 18.7 Å². The summed E-state index contributed by atoms with van der Waals surface area (Å²) in [5.41, 5.74) is 0. The number of carbonyl (C=O) groups excluding carboxylic acids is 1. The number of rotatable bonds is 4. The Morgan fingerprint density at radius 2 is 2.33 bits per heavy atom. The molecule has 1 heterocycles. The van der Waals surface area contributed by atoms with Gasteiger partial charge in [-0.2, -0.15) is 0 Å². The van der Waals surface area contributed by atoms with Gasteiger partial charge in [0.25, 0.3) is 0 Å². The van der Waals surface area contributed by atoms with E-state index in [1.54, 1.807) is 12.4 Å². The molecule has 84 valence electrons. The minimum absolute atomic E-state index is 0.126. The van der Waals surface area contributed by atoms with Crippen molar-refractivity contribution >= 4 is 6.03 Å². The summed E-state index contributed by atoms with van der Waals surface area (Å²) in [5, 5.41) is 2.89. The SMILES string of the molecule is CC(CCN(C)C)NC(=O)n1ccnc1. The summed E-state index contributed by atoms with van der Waals surface area (Å²) >= 11 is 0. The molecule has 15 heavy (non-hydrogen) atoms. The molecule has 5 nitrogen and oxygen atoms in total. The van der Waals surface area contributed by atoms with Crippen LogP contribution in [0.4, 0.5) is 4.79 Å². The Bertz CT molecular complexity index is 294. The van der Waals surface area contributed by atoms with Crippen LogP contribution in [0.25, 0.3) is 0 Å². The van der Waals surface area contributed by atoms with Crippen molar-refractivity contribution in [2.45, 2.75) is 19.4 Å². The number of nitrogens with one attached hydrogen (secondary N) is 1. The Balaban J connectivity index is 2.32. The smallest absolute Gasteiger partial charge is 0.327 e. The van der Waals surface area contributed by atoms with Gasteiger partial charge in [0, 0.05) is 18.4 Å². The first-order chi connectivity index (χ1) is 7.09. The van der Waals surface area contributed by atoms with Crippen LogP contribution in [0.1, 0.15) is 13.3 Å². The zero-order valence-electron chi connectivity index (χ0n) is 9.47. The van der Waals surface area contributed by atoms with Crippen LogP contribution >= 0.6 is 0 Å². The second-order valence-corrected chi connectivity index (χ2v) is 3.91. The monoisotopic (exact) mass is 210 g/mol. The van der Waals surface area contributed by atoms with Gasteiger partial charge in [-0.1, -0.05) is 0 Å². The molecule has 0 aliphatic rings. The lowest BCUT2D eigenvalue weighted by Gasteiger charge is -2.16. The fraction of sp³-hybridized carbons (Fsp3) is 0.600. The largest absolute Gasteiger partial charge is 0.335 e. The molecule has 0 aromatic carbocycles. The minimum Gasteiger partial charge on any atom is -0.335 e. The van der Waals surface area contributed by atoms with Gasteiger partial charge in [-0.05, 0) is 34.0 Å². The van der Waals surface area contributed by atoms with E-state index in [1.165, 1.54) is 10.9 Å². The summed E-state index contributed by atoms with van der Waals surface area (Å²) in [4.78, 5) is 17.5. The summed E-state index contributed by atoms with van der Waals surface area (Å²) < 4.78 is 1.44. The molecule has 1 rings (SSSR count). The Morgan fingerprint density at radius 3 is 2.87 bits per heavy atom. The number of hydrogen-bond donors (Lipinski definition) is 1. The first kappa shape index (κ1) is 11.7. The van der Waals surface area contributed by atoms with E-state index in [2.05, 4.69) is 15.2 Å². The van der Waals surface area contributed by atoms with Gasteiger partial charge >= 0.3 is 6.03 Å². The highest BCUT2D eigenvalue weighted by Gasteiger charge is 2.08. The van der Waals surface area contributed by atoms with Gasteiger partial charge in [0.05, 0.1) is 0 Å². The zero-order valence-corrected chi connectivity index (χ0v) is 9.47. The molecular formula is C10H18N4O. The summed E-state index contributed by atoms with van der Waals surface area (Å²) in [6.07, 6.45) is 5.65. The van der Waals surface area contributed by atoms with E-state index in [1.807, 2.05) is 21.0 Å². The van der Waals surface area contributed by atoms with Crippen molar-refractivity contribution < 1.29 is 4.79 Å². The molecular weight excluding hydrogens is 192 g/mol. The molecule has 1 amide bonds. The predicted octanol–water partition coefficient (Wildman–Crippen LogP) is 0.781. The van der Waals surface area contributed by atoms with Crippen molar-refractivity contribution in [1.82, 2.24) is 19.8 Å². The summed E-state index contributed by atoms with van der Waals surface area (Å²) in [6, 6.07) is 0.0426. The Labute approximate surface area is 90.1 Å². The third-order valence-electron chi connectivity index (χ3n) is 2.12. The molecule has 1 unspecified atom stereocenters. The average molecular weight is 210 g/mol. The standard InChI is InChI=1S/C10H18N4O/c1-9(4-6-13(2)3)12-10(15)14-7-5-11-8-14/h5,7-9H,4,6H2,1-3H3,(H,12,15). The molecule has 0 bridgehead atoms. The third kappa shape index (κ3) is 4.12. The van der Waals surface area contributed by atoms with E-state index in [-0.39, 0.29) is 12.1 Å². The lowest BCUT2D eigenvalue weighted by molar-refractivity contribution is 0.237. The fourth-order valence-electron chi connectivity index (χ4n) is 1.19. The van der Waals surface area contributed by atoms with Gasteiger partial charge in [0.1, 0.15) is 6.33 Å². The quantitative estimate of drug-likeness (QED) is 0.799. The highest BCUT2D eigenvalue weighted by atomic mass is 16.2. The molecule has 0 saturated carbocycles.